The van der Waals surface area contributed by atoms with Gasteiger partial charge in [-0.25, -0.2) is 9.97 Å². The first-order valence-electron chi connectivity index (χ1n) is 5.00. The standard InChI is InChI=1S/C11H14N4O/c1-15(2)11-4-3-9(5-14-11)13-7-10-6-12-8-16-10/h3-6,8,13H,7H2,1-2H3. The van der Waals surface area contributed by atoms with E-state index in [9.17, 15) is 0 Å². The van der Waals surface area contributed by atoms with E-state index >= 15 is 0 Å². The molecule has 0 aliphatic carbocycles. The average Bonchev–Trinajstić information content (AvgIpc) is 2.80. The number of nitrogens with one attached hydrogen (secondary N) is 1. The van der Waals surface area contributed by atoms with Crippen molar-refractivity contribution < 1.29 is 4.42 Å². The highest BCUT2D eigenvalue weighted by Gasteiger charge is 1.99. The summed E-state index contributed by atoms with van der Waals surface area (Å²) in [6, 6.07) is 3.95. The zero-order valence-electron chi connectivity index (χ0n) is 9.34. The predicted octanol–water partition coefficient (Wildman–Crippen LogP) is 1.75. The van der Waals surface area contributed by atoms with Gasteiger partial charge in [0.2, 0.25) is 0 Å². The second-order valence-corrected chi connectivity index (χ2v) is 3.62. The van der Waals surface area contributed by atoms with E-state index in [1.54, 1.807) is 12.4 Å². The van der Waals surface area contributed by atoms with Crippen LogP contribution in [-0.4, -0.2) is 24.1 Å². The first kappa shape index (κ1) is 10.5. The van der Waals surface area contributed by atoms with Gasteiger partial charge in [0.1, 0.15) is 11.6 Å². The van der Waals surface area contributed by atoms with Crippen molar-refractivity contribution >= 4 is 11.5 Å². The Balaban J connectivity index is 1.95. The molecule has 1 N–H and O–H groups in total. The van der Waals surface area contributed by atoms with Gasteiger partial charge in [0, 0.05) is 14.1 Å². The molecule has 0 aliphatic heterocycles. The Kier molecular flexibility index (Phi) is 3.05. The lowest BCUT2D eigenvalue weighted by molar-refractivity contribution is 0.511. The first-order chi connectivity index (χ1) is 7.75. The van der Waals surface area contributed by atoms with Gasteiger partial charge in [-0.05, 0) is 12.1 Å². The van der Waals surface area contributed by atoms with Crippen LogP contribution in [0.5, 0.6) is 0 Å². The summed E-state index contributed by atoms with van der Waals surface area (Å²) < 4.78 is 5.11. The van der Waals surface area contributed by atoms with Crippen LogP contribution in [0.25, 0.3) is 0 Å². The number of hydrogen-bond acceptors (Lipinski definition) is 5. The number of nitrogens with zero attached hydrogens (tertiary/aromatic N) is 3. The number of anilines is 2. The zero-order chi connectivity index (χ0) is 11.4. The summed E-state index contributed by atoms with van der Waals surface area (Å²) in [6.45, 7) is 0.614. The summed E-state index contributed by atoms with van der Waals surface area (Å²) in [5.74, 6) is 1.74. The molecule has 0 aromatic carbocycles. The van der Waals surface area contributed by atoms with Crippen LogP contribution in [0.15, 0.2) is 35.3 Å². The van der Waals surface area contributed by atoms with Crippen molar-refractivity contribution in [3.05, 3.63) is 36.7 Å². The van der Waals surface area contributed by atoms with E-state index in [4.69, 9.17) is 4.42 Å². The number of hydrogen-bond donors (Lipinski definition) is 1. The van der Waals surface area contributed by atoms with Gasteiger partial charge in [0.25, 0.3) is 0 Å². The Bertz CT molecular complexity index is 422. The third-order valence-corrected chi connectivity index (χ3v) is 2.16. The summed E-state index contributed by atoms with van der Waals surface area (Å²) in [5, 5.41) is 3.20. The first-order valence-corrected chi connectivity index (χ1v) is 5.00. The topological polar surface area (TPSA) is 54.2 Å². The van der Waals surface area contributed by atoms with Crippen molar-refractivity contribution in [1.82, 2.24) is 9.97 Å². The molecule has 0 fully saturated rings. The summed E-state index contributed by atoms with van der Waals surface area (Å²) in [5.41, 5.74) is 0.960. The van der Waals surface area contributed by atoms with Gasteiger partial charge in [0.05, 0.1) is 24.6 Å². The minimum atomic E-state index is 0.614. The lowest BCUT2D eigenvalue weighted by atomic mass is 10.4. The van der Waals surface area contributed by atoms with Gasteiger partial charge >= 0.3 is 0 Å². The fourth-order valence-electron chi connectivity index (χ4n) is 1.27. The average molecular weight is 218 g/mol. The molecule has 0 bridgehead atoms. The number of rotatable bonds is 4. The van der Waals surface area contributed by atoms with E-state index in [0.717, 1.165) is 17.3 Å². The molecular weight excluding hydrogens is 204 g/mol. The second-order valence-electron chi connectivity index (χ2n) is 3.62. The van der Waals surface area contributed by atoms with Crippen LogP contribution in [0.2, 0.25) is 0 Å². The van der Waals surface area contributed by atoms with Crippen LogP contribution < -0.4 is 10.2 Å². The van der Waals surface area contributed by atoms with Gasteiger partial charge in [0.15, 0.2) is 6.39 Å². The van der Waals surface area contributed by atoms with Crippen LogP contribution in [-0.2, 0) is 6.54 Å². The van der Waals surface area contributed by atoms with E-state index in [1.165, 1.54) is 6.39 Å². The van der Waals surface area contributed by atoms with Gasteiger partial charge in [-0.15, -0.1) is 0 Å². The highest BCUT2D eigenvalue weighted by Crippen LogP contribution is 2.12. The number of oxazole rings is 1. The Labute approximate surface area is 94.1 Å². The molecule has 0 unspecified atom stereocenters. The number of pyridine rings is 1. The molecular formula is C11H14N4O. The Morgan fingerprint density at radius 1 is 1.31 bits per heavy atom. The van der Waals surface area contributed by atoms with Crippen molar-refractivity contribution in [1.29, 1.82) is 0 Å². The Morgan fingerprint density at radius 3 is 2.75 bits per heavy atom. The lowest BCUT2D eigenvalue weighted by Gasteiger charge is -2.11. The molecule has 16 heavy (non-hydrogen) atoms. The molecule has 2 rings (SSSR count). The largest absolute Gasteiger partial charge is 0.447 e. The molecule has 0 saturated carbocycles. The van der Waals surface area contributed by atoms with Gasteiger partial charge < -0.3 is 14.6 Å². The van der Waals surface area contributed by atoms with Crippen LogP contribution in [0.3, 0.4) is 0 Å². The van der Waals surface area contributed by atoms with Crippen LogP contribution in [0.4, 0.5) is 11.5 Å². The third kappa shape index (κ3) is 2.50. The maximum atomic E-state index is 5.11. The smallest absolute Gasteiger partial charge is 0.180 e. The fraction of sp³-hybridized carbons (Fsp3) is 0.273. The van der Waals surface area contributed by atoms with E-state index in [-0.39, 0.29) is 0 Å². The molecule has 2 aromatic heterocycles. The normalized spacial score (nSPS) is 10.1. The highest BCUT2D eigenvalue weighted by molar-refractivity contribution is 5.47. The molecule has 2 heterocycles. The third-order valence-electron chi connectivity index (χ3n) is 2.16. The van der Waals surface area contributed by atoms with Crippen molar-refractivity contribution in [3.63, 3.8) is 0 Å². The monoisotopic (exact) mass is 218 g/mol. The van der Waals surface area contributed by atoms with Gasteiger partial charge in [-0.2, -0.15) is 0 Å². The van der Waals surface area contributed by atoms with Gasteiger partial charge in [-0.1, -0.05) is 0 Å². The fourth-order valence-corrected chi connectivity index (χ4v) is 1.27. The molecule has 0 atom stereocenters. The molecule has 0 amide bonds. The van der Waals surface area contributed by atoms with Crippen LogP contribution in [0.1, 0.15) is 5.76 Å². The highest BCUT2D eigenvalue weighted by atomic mass is 16.3. The summed E-state index contributed by atoms with van der Waals surface area (Å²) in [7, 11) is 3.92. The summed E-state index contributed by atoms with van der Waals surface area (Å²) in [6.07, 6.45) is 4.91. The molecule has 0 aliphatic rings. The SMILES string of the molecule is CN(C)c1ccc(NCc2cnco2)cn1. The maximum absolute atomic E-state index is 5.11. The number of aromatic nitrogens is 2. The van der Waals surface area contributed by atoms with Crippen molar-refractivity contribution in [2.75, 3.05) is 24.3 Å². The Morgan fingerprint density at radius 2 is 2.19 bits per heavy atom. The predicted molar refractivity (Wildman–Crippen MR) is 62.4 cm³/mol. The minimum absolute atomic E-state index is 0.614. The summed E-state index contributed by atoms with van der Waals surface area (Å²) in [4.78, 5) is 10.1. The van der Waals surface area contributed by atoms with E-state index in [1.807, 2.05) is 31.1 Å². The van der Waals surface area contributed by atoms with Crippen molar-refractivity contribution in [2.45, 2.75) is 6.54 Å². The molecule has 2 aromatic rings. The van der Waals surface area contributed by atoms with Gasteiger partial charge in [-0.3, -0.25) is 0 Å². The second kappa shape index (κ2) is 4.65. The minimum Gasteiger partial charge on any atom is -0.447 e. The zero-order valence-corrected chi connectivity index (χ0v) is 9.34. The maximum Gasteiger partial charge on any atom is 0.180 e. The molecule has 0 saturated heterocycles. The molecule has 84 valence electrons. The van der Waals surface area contributed by atoms with Crippen LogP contribution in [0, 0.1) is 0 Å². The summed E-state index contributed by atoms with van der Waals surface area (Å²) >= 11 is 0. The Hall–Kier alpha value is -2.04. The van der Waals surface area contributed by atoms with E-state index in [2.05, 4.69) is 15.3 Å². The van der Waals surface area contributed by atoms with Crippen molar-refractivity contribution in [2.24, 2.45) is 0 Å². The quantitative estimate of drug-likeness (QED) is 0.847. The molecule has 0 radical (unpaired) electrons. The molecule has 0 spiro atoms. The lowest BCUT2D eigenvalue weighted by Crippen LogP contribution is -2.10. The van der Waals surface area contributed by atoms with Crippen LogP contribution >= 0.6 is 0 Å². The molecule has 5 nitrogen and oxygen atoms in total. The van der Waals surface area contributed by atoms with E-state index in [0.29, 0.717) is 6.54 Å². The van der Waals surface area contributed by atoms with Crippen molar-refractivity contribution in [3.8, 4) is 0 Å². The molecule has 5 heteroatoms. The van der Waals surface area contributed by atoms with E-state index < -0.39 is 0 Å².